The predicted molar refractivity (Wildman–Crippen MR) is 113 cm³/mol. The Kier molecular flexibility index (Phi) is 7.26. The Bertz CT molecular complexity index is 987. The number of imide groups is 1. The van der Waals surface area contributed by atoms with Crippen LogP contribution in [0.4, 0.5) is 18.0 Å². The van der Waals surface area contributed by atoms with Crippen LogP contribution in [0.5, 0.6) is 0 Å². The molecule has 3 aliphatic rings. The van der Waals surface area contributed by atoms with Crippen LogP contribution in [0.15, 0.2) is 18.2 Å². The quantitative estimate of drug-likeness (QED) is 0.580. The van der Waals surface area contributed by atoms with Crippen molar-refractivity contribution in [2.45, 2.75) is 25.6 Å². The first-order valence-electron chi connectivity index (χ1n) is 11.3. The van der Waals surface area contributed by atoms with Crippen molar-refractivity contribution in [3.05, 3.63) is 34.9 Å². The number of carbonyl (C=O) groups is 4. The zero-order valence-electron chi connectivity index (χ0n) is 18.9. The van der Waals surface area contributed by atoms with Crippen molar-refractivity contribution in [2.75, 3.05) is 52.5 Å². The van der Waals surface area contributed by atoms with Gasteiger partial charge in [0.15, 0.2) is 0 Å². The number of morpholine rings is 1. The number of carbonyl (C=O) groups excluding carboxylic acids is 4. The van der Waals surface area contributed by atoms with Gasteiger partial charge in [0.1, 0.15) is 0 Å². The van der Waals surface area contributed by atoms with Crippen molar-refractivity contribution < 1.29 is 41.9 Å². The molecule has 0 bridgehead atoms. The molecule has 10 nitrogen and oxygen atoms in total. The Balaban J connectivity index is 1.42. The molecule has 0 aromatic heterocycles. The molecule has 35 heavy (non-hydrogen) atoms. The first kappa shape index (κ1) is 24.9. The van der Waals surface area contributed by atoms with Crippen molar-refractivity contribution in [1.29, 1.82) is 0 Å². The Hall–Kier alpha value is -3.19. The average Bonchev–Trinajstić information content (AvgIpc) is 3.16. The van der Waals surface area contributed by atoms with Gasteiger partial charge in [0.2, 0.25) is 0 Å². The van der Waals surface area contributed by atoms with Gasteiger partial charge < -0.3 is 19.4 Å². The third-order valence-electron chi connectivity index (χ3n) is 6.16. The van der Waals surface area contributed by atoms with Crippen LogP contribution in [-0.4, -0.2) is 96.1 Å². The molecule has 3 fully saturated rings. The number of hydrogen-bond acceptors (Lipinski definition) is 7. The number of ether oxygens (including phenoxy) is 1. The molecule has 0 N–H and O–H groups in total. The van der Waals surface area contributed by atoms with Gasteiger partial charge in [0.05, 0.1) is 18.8 Å². The molecule has 0 aliphatic carbocycles. The van der Waals surface area contributed by atoms with Crippen molar-refractivity contribution in [2.24, 2.45) is 0 Å². The number of hydroxylamine groups is 2. The summed E-state index contributed by atoms with van der Waals surface area (Å²) < 4.78 is 45.3. The molecule has 4 amide bonds. The summed E-state index contributed by atoms with van der Waals surface area (Å²) >= 11 is 0. The lowest BCUT2D eigenvalue weighted by Gasteiger charge is -2.35. The fourth-order valence-corrected chi connectivity index (χ4v) is 4.17. The summed E-state index contributed by atoms with van der Waals surface area (Å²) in [6, 6.07) is 3.12. The monoisotopic (exact) mass is 498 g/mol. The molecule has 3 heterocycles. The second-order valence-electron chi connectivity index (χ2n) is 8.48. The van der Waals surface area contributed by atoms with Gasteiger partial charge in [-0.15, -0.1) is 5.06 Å². The van der Waals surface area contributed by atoms with Crippen molar-refractivity contribution in [1.82, 2.24) is 19.8 Å². The first-order valence-corrected chi connectivity index (χ1v) is 11.3. The second-order valence-corrected chi connectivity index (χ2v) is 8.48. The minimum Gasteiger partial charge on any atom is -0.378 e. The van der Waals surface area contributed by atoms with Gasteiger partial charge in [-0.05, 0) is 23.8 Å². The molecule has 4 rings (SSSR count). The maximum absolute atomic E-state index is 13.4. The Morgan fingerprint density at radius 3 is 2.14 bits per heavy atom. The maximum Gasteiger partial charge on any atom is 0.434 e. The smallest absolute Gasteiger partial charge is 0.378 e. The fraction of sp³-hybridized carbons (Fsp3) is 0.545. The van der Waals surface area contributed by atoms with Crippen LogP contribution in [0.2, 0.25) is 0 Å². The average molecular weight is 498 g/mol. The second kappa shape index (κ2) is 10.2. The molecule has 1 aromatic carbocycles. The predicted octanol–water partition coefficient (Wildman–Crippen LogP) is 1.50. The van der Waals surface area contributed by atoms with Crippen molar-refractivity contribution >= 4 is 23.8 Å². The number of piperazine rings is 1. The third-order valence-corrected chi connectivity index (χ3v) is 6.16. The van der Waals surface area contributed by atoms with Gasteiger partial charge >= 0.3 is 12.3 Å². The number of hydrogen-bond donors (Lipinski definition) is 0. The van der Waals surface area contributed by atoms with E-state index in [4.69, 9.17) is 9.57 Å². The van der Waals surface area contributed by atoms with E-state index in [1.54, 1.807) is 4.90 Å². The normalized spacial score (nSPS) is 19.9. The fourth-order valence-electron chi connectivity index (χ4n) is 4.17. The highest BCUT2D eigenvalue weighted by Crippen LogP contribution is 2.31. The molecule has 0 atom stereocenters. The van der Waals surface area contributed by atoms with Gasteiger partial charge in [0.25, 0.3) is 17.7 Å². The molecule has 1 aromatic rings. The van der Waals surface area contributed by atoms with Crippen molar-refractivity contribution in [3.8, 4) is 0 Å². The van der Waals surface area contributed by atoms with Crippen LogP contribution in [0, 0.1) is 0 Å². The molecule has 3 saturated heterocycles. The van der Waals surface area contributed by atoms with Crippen LogP contribution < -0.4 is 0 Å². The molecule has 13 heteroatoms. The summed E-state index contributed by atoms with van der Waals surface area (Å²) in [7, 11) is 0. The van der Waals surface area contributed by atoms with E-state index in [0.717, 1.165) is 12.1 Å². The van der Waals surface area contributed by atoms with Crippen LogP contribution >= 0.6 is 0 Å². The highest BCUT2D eigenvalue weighted by Gasteiger charge is 2.36. The molecule has 3 aliphatic heterocycles. The van der Waals surface area contributed by atoms with Gasteiger partial charge in [0, 0.05) is 64.2 Å². The lowest BCUT2D eigenvalue weighted by molar-refractivity contribution is -0.174. The number of amides is 4. The van der Waals surface area contributed by atoms with Crippen LogP contribution in [0.25, 0.3) is 0 Å². The SMILES string of the molecule is O=C(ON1C(=O)CCC1=O)N1CCN(Cc2cc(C(F)(F)F)ccc2C(=O)N2CCOCC2)CC1. The molecule has 0 unspecified atom stereocenters. The van der Waals surface area contributed by atoms with E-state index in [-0.39, 0.29) is 49.5 Å². The zero-order chi connectivity index (χ0) is 25.2. The van der Waals surface area contributed by atoms with Gasteiger partial charge in [-0.1, -0.05) is 0 Å². The summed E-state index contributed by atoms with van der Waals surface area (Å²) in [6.07, 6.45) is -5.41. The van der Waals surface area contributed by atoms with Crippen LogP contribution in [0.3, 0.4) is 0 Å². The molecule has 190 valence electrons. The molecule has 0 radical (unpaired) electrons. The minimum atomic E-state index is -4.55. The molecule has 0 saturated carbocycles. The number of rotatable bonds is 4. The van der Waals surface area contributed by atoms with E-state index in [1.807, 2.05) is 4.90 Å². The Morgan fingerprint density at radius 1 is 0.914 bits per heavy atom. The number of alkyl halides is 3. The number of nitrogens with zero attached hydrogens (tertiary/aromatic N) is 4. The molecule has 0 spiro atoms. The topological polar surface area (TPSA) is 99.7 Å². The highest BCUT2D eigenvalue weighted by molar-refractivity contribution is 6.01. The Morgan fingerprint density at radius 2 is 1.54 bits per heavy atom. The highest BCUT2D eigenvalue weighted by atomic mass is 19.4. The summed E-state index contributed by atoms with van der Waals surface area (Å²) in [4.78, 5) is 58.3. The maximum atomic E-state index is 13.4. The summed E-state index contributed by atoms with van der Waals surface area (Å²) in [5, 5.41) is 0.473. The van der Waals surface area contributed by atoms with E-state index >= 15 is 0 Å². The summed E-state index contributed by atoms with van der Waals surface area (Å²) in [5.74, 6) is -1.51. The van der Waals surface area contributed by atoms with Crippen molar-refractivity contribution in [3.63, 3.8) is 0 Å². The van der Waals surface area contributed by atoms with Crippen LogP contribution in [-0.2, 0) is 31.9 Å². The largest absolute Gasteiger partial charge is 0.434 e. The molecular formula is C22H25F3N4O6. The Labute approximate surface area is 199 Å². The van der Waals surface area contributed by atoms with Gasteiger partial charge in [-0.2, -0.15) is 13.2 Å². The lowest BCUT2D eigenvalue weighted by atomic mass is 10.0. The number of halogens is 3. The minimum absolute atomic E-state index is 0.0115. The van der Waals surface area contributed by atoms with E-state index in [9.17, 15) is 32.3 Å². The lowest BCUT2D eigenvalue weighted by Crippen LogP contribution is -2.50. The summed E-state index contributed by atoms with van der Waals surface area (Å²) in [6.45, 7) is 2.52. The zero-order valence-corrected chi connectivity index (χ0v) is 18.9. The summed E-state index contributed by atoms with van der Waals surface area (Å²) in [5.41, 5.74) is -0.387. The van der Waals surface area contributed by atoms with Crippen LogP contribution in [0.1, 0.15) is 34.3 Å². The van der Waals surface area contributed by atoms with E-state index < -0.39 is 29.6 Å². The van der Waals surface area contributed by atoms with Gasteiger partial charge in [-0.3, -0.25) is 19.3 Å². The number of benzene rings is 1. The molecular weight excluding hydrogens is 473 g/mol. The van der Waals surface area contributed by atoms with E-state index in [1.165, 1.54) is 11.0 Å². The standard InChI is InChI=1S/C22H25F3N4O6/c23-22(24,25)16-1-2-17(20(32)27-9-11-34-12-10-27)15(13-16)14-26-5-7-28(8-6-26)21(33)35-29-18(30)3-4-19(29)31/h1-2,13H,3-12,14H2. The van der Waals surface area contributed by atoms with Gasteiger partial charge in [-0.25, -0.2) is 4.79 Å². The van der Waals surface area contributed by atoms with E-state index in [2.05, 4.69) is 0 Å². The third kappa shape index (κ3) is 5.73. The first-order chi connectivity index (χ1) is 16.6. The van der Waals surface area contributed by atoms with E-state index in [0.29, 0.717) is 44.5 Å².